The highest BCUT2D eigenvalue weighted by Gasteiger charge is 2.25. The van der Waals surface area contributed by atoms with Crippen LogP contribution in [-0.2, 0) is 21.2 Å². The molecule has 1 aliphatic heterocycles. The average Bonchev–Trinajstić information content (AvgIpc) is 3.20. The standard InChI is InChI=1S/C17H20ClN3O3S2/c1-3-21-9-8-12-4-5-13(10-14(12)21)19-16(22)11-20(2)26(23,24)17-7-6-15(18)25-17/h4-7,10H,3,8-9,11H2,1-2H3,(H,19,22). The number of halogens is 1. The normalized spacial score (nSPS) is 13.9. The molecule has 2 aromatic rings. The molecule has 0 aliphatic carbocycles. The number of amides is 1. The fourth-order valence-corrected chi connectivity index (χ4v) is 5.75. The summed E-state index contributed by atoms with van der Waals surface area (Å²) in [6.45, 7) is 3.71. The number of hydrogen-bond acceptors (Lipinski definition) is 5. The maximum absolute atomic E-state index is 12.5. The molecule has 140 valence electrons. The Bertz CT molecular complexity index is 927. The molecule has 2 heterocycles. The lowest BCUT2D eigenvalue weighted by atomic mass is 10.1. The summed E-state index contributed by atoms with van der Waals surface area (Å²) in [5, 5.41) is 2.78. The first kappa shape index (κ1) is 19.2. The third-order valence-electron chi connectivity index (χ3n) is 4.32. The van der Waals surface area contributed by atoms with Gasteiger partial charge >= 0.3 is 0 Å². The molecule has 0 fully saturated rings. The van der Waals surface area contributed by atoms with Gasteiger partial charge in [0.25, 0.3) is 10.0 Å². The van der Waals surface area contributed by atoms with Crippen LogP contribution in [0.3, 0.4) is 0 Å². The molecule has 0 atom stereocenters. The Morgan fingerprint density at radius 1 is 1.35 bits per heavy atom. The second kappa shape index (κ2) is 7.56. The van der Waals surface area contributed by atoms with E-state index in [0.29, 0.717) is 10.0 Å². The molecule has 6 nitrogen and oxygen atoms in total. The summed E-state index contributed by atoms with van der Waals surface area (Å²) >= 11 is 6.78. The SMILES string of the molecule is CCN1CCc2ccc(NC(=O)CN(C)S(=O)(=O)c3ccc(Cl)s3)cc21. The molecule has 3 rings (SSSR count). The van der Waals surface area contributed by atoms with Gasteiger partial charge in [0.1, 0.15) is 4.21 Å². The highest BCUT2D eigenvalue weighted by Crippen LogP contribution is 2.31. The van der Waals surface area contributed by atoms with E-state index >= 15 is 0 Å². The number of hydrogen-bond donors (Lipinski definition) is 1. The summed E-state index contributed by atoms with van der Waals surface area (Å²) in [5.74, 6) is -0.389. The highest BCUT2D eigenvalue weighted by atomic mass is 35.5. The van der Waals surface area contributed by atoms with Crippen LogP contribution in [0.4, 0.5) is 11.4 Å². The van der Waals surface area contributed by atoms with Crippen molar-refractivity contribution in [2.45, 2.75) is 17.6 Å². The van der Waals surface area contributed by atoms with Gasteiger partial charge in [-0.2, -0.15) is 4.31 Å². The molecule has 1 aliphatic rings. The third-order valence-corrected chi connectivity index (χ3v) is 7.82. The van der Waals surface area contributed by atoms with Gasteiger partial charge in [-0.05, 0) is 43.2 Å². The van der Waals surface area contributed by atoms with Crippen molar-refractivity contribution in [3.8, 4) is 0 Å². The second-order valence-corrected chi connectivity index (χ2v) is 10.0. The molecule has 1 aromatic carbocycles. The van der Waals surface area contributed by atoms with Crippen LogP contribution in [0.2, 0.25) is 4.34 Å². The van der Waals surface area contributed by atoms with Crippen molar-refractivity contribution in [2.24, 2.45) is 0 Å². The lowest BCUT2D eigenvalue weighted by molar-refractivity contribution is -0.116. The first-order valence-corrected chi connectivity index (χ1v) is 10.8. The molecule has 1 amide bonds. The molecule has 26 heavy (non-hydrogen) atoms. The van der Waals surface area contributed by atoms with Crippen molar-refractivity contribution >= 4 is 50.2 Å². The summed E-state index contributed by atoms with van der Waals surface area (Å²) in [6, 6.07) is 8.77. The molecule has 0 unspecified atom stereocenters. The maximum Gasteiger partial charge on any atom is 0.252 e. The first-order valence-electron chi connectivity index (χ1n) is 8.20. The number of benzene rings is 1. The van der Waals surface area contributed by atoms with Crippen LogP contribution in [0.5, 0.6) is 0 Å². The number of carbonyl (C=O) groups excluding carboxylic acids is 1. The summed E-state index contributed by atoms with van der Waals surface area (Å²) < 4.78 is 26.5. The lowest BCUT2D eigenvalue weighted by Crippen LogP contribution is -2.34. The van der Waals surface area contributed by atoms with Crippen LogP contribution >= 0.6 is 22.9 Å². The number of anilines is 2. The van der Waals surface area contributed by atoms with Gasteiger partial charge in [-0.25, -0.2) is 8.42 Å². The van der Waals surface area contributed by atoms with Gasteiger partial charge in [0.15, 0.2) is 0 Å². The topological polar surface area (TPSA) is 69.7 Å². The van der Waals surface area contributed by atoms with Gasteiger partial charge in [0.05, 0.1) is 10.9 Å². The Labute approximate surface area is 162 Å². The number of fused-ring (bicyclic) bond motifs is 1. The van der Waals surface area contributed by atoms with E-state index in [1.807, 2.05) is 18.2 Å². The molecule has 0 radical (unpaired) electrons. The number of nitrogens with one attached hydrogen (secondary N) is 1. The zero-order valence-corrected chi connectivity index (χ0v) is 16.9. The molecule has 0 saturated heterocycles. The largest absolute Gasteiger partial charge is 0.371 e. The fourth-order valence-electron chi connectivity index (χ4n) is 2.93. The van der Waals surface area contributed by atoms with Crippen LogP contribution in [0.1, 0.15) is 12.5 Å². The number of carbonyl (C=O) groups is 1. The zero-order valence-electron chi connectivity index (χ0n) is 14.5. The van der Waals surface area contributed by atoms with Crippen molar-refractivity contribution in [1.82, 2.24) is 4.31 Å². The molecule has 0 saturated carbocycles. The van der Waals surface area contributed by atoms with E-state index in [1.54, 1.807) is 0 Å². The number of nitrogens with zero attached hydrogens (tertiary/aromatic N) is 2. The smallest absolute Gasteiger partial charge is 0.252 e. The van der Waals surface area contributed by atoms with Crippen LogP contribution in [0.15, 0.2) is 34.5 Å². The van der Waals surface area contributed by atoms with E-state index in [9.17, 15) is 13.2 Å². The van der Waals surface area contributed by atoms with Crippen molar-refractivity contribution in [1.29, 1.82) is 0 Å². The summed E-state index contributed by atoms with van der Waals surface area (Å²) in [7, 11) is -2.35. The Balaban J connectivity index is 1.68. The van der Waals surface area contributed by atoms with Gasteiger partial charge in [-0.15, -0.1) is 11.3 Å². The van der Waals surface area contributed by atoms with Crippen molar-refractivity contribution < 1.29 is 13.2 Å². The minimum atomic E-state index is -3.73. The van der Waals surface area contributed by atoms with Crippen LogP contribution < -0.4 is 10.2 Å². The third kappa shape index (κ3) is 3.88. The Morgan fingerprint density at radius 2 is 2.12 bits per heavy atom. The van der Waals surface area contributed by atoms with E-state index in [-0.39, 0.29) is 16.7 Å². The quantitative estimate of drug-likeness (QED) is 0.790. The van der Waals surface area contributed by atoms with Gasteiger partial charge in [0.2, 0.25) is 5.91 Å². The van der Waals surface area contributed by atoms with Gasteiger partial charge < -0.3 is 10.2 Å². The minimum Gasteiger partial charge on any atom is -0.371 e. The van der Waals surface area contributed by atoms with Crippen LogP contribution in [0.25, 0.3) is 0 Å². The second-order valence-electron chi connectivity index (χ2n) is 6.04. The first-order chi connectivity index (χ1) is 12.3. The fraction of sp³-hybridized carbons (Fsp3) is 0.353. The predicted octanol–water partition coefficient (Wildman–Crippen LogP) is 3.04. The van der Waals surface area contributed by atoms with E-state index < -0.39 is 10.0 Å². The van der Waals surface area contributed by atoms with Crippen molar-refractivity contribution in [2.75, 3.05) is 36.9 Å². The minimum absolute atomic E-state index is 0.119. The van der Waals surface area contributed by atoms with E-state index in [4.69, 9.17) is 11.6 Å². The number of likely N-dealkylation sites (N-methyl/N-ethyl adjacent to an activating group) is 2. The predicted molar refractivity (Wildman–Crippen MR) is 106 cm³/mol. The molecule has 1 aromatic heterocycles. The molecular formula is C17H20ClN3O3S2. The van der Waals surface area contributed by atoms with Crippen LogP contribution in [0, 0.1) is 0 Å². The lowest BCUT2D eigenvalue weighted by Gasteiger charge is -2.18. The summed E-state index contributed by atoms with van der Waals surface area (Å²) in [5.41, 5.74) is 3.05. The number of rotatable bonds is 6. The maximum atomic E-state index is 12.5. The van der Waals surface area contributed by atoms with Crippen LogP contribution in [-0.4, -0.2) is 45.3 Å². The molecule has 1 N–H and O–H groups in total. The Kier molecular flexibility index (Phi) is 5.57. The number of sulfonamides is 1. The van der Waals surface area contributed by atoms with E-state index in [1.165, 1.54) is 24.7 Å². The van der Waals surface area contributed by atoms with Crippen molar-refractivity contribution in [3.63, 3.8) is 0 Å². The average molecular weight is 414 g/mol. The van der Waals surface area contributed by atoms with E-state index in [0.717, 1.165) is 40.8 Å². The Morgan fingerprint density at radius 3 is 2.77 bits per heavy atom. The molecular weight excluding hydrogens is 394 g/mol. The zero-order chi connectivity index (χ0) is 18.9. The van der Waals surface area contributed by atoms with Crippen molar-refractivity contribution in [3.05, 3.63) is 40.2 Å². The molecule has 9 heteroatoms. The van der Waals surface area contributed by atoms with E-state index in [2.05, 4.69) is 17.1 Å². The Hall–Kier alpha value is -1.61. The van der Waals surface area contributed by atoms with Gasteiger partial charge in [-0.3, -0.25) is 4.79 Å². The summed E-state index contributed by atoms with van der Waals surface area (Å²) in [6.07, 6.45) is 1.00. The van der Waals surface area contributed by atoms with Gasteiger partial charge in [0, 0.05) is 31.5 Å². The molecule has 0 bridgehead atoms. The monoisotopic (exact) mass is 413 g/mol. The summed E-state index contributed by atoms with van der Waals surface area (Å²) in [4.78, 5) is 14.6. The highest BCUT2D eigenvalue weighted by molar-refractivity contribution is 7.91. The number of thiophene rings is 1. The molecule has 0 spiro atoms. The van der Waals surface area contributed by atoms with Gasteiger partial charge in [-0.1, -0.05) is 17.7 Å².